The molecule has 0 unspecified atom stereocenters. The molecule has 0 spiro atoms. The largest absolute Gasteiger partial charge is 0.492 e. The number of carbonyl (C=O) groups excluding carboxylic acids is 1. The molecule has 1 amide bonds. The zero-order valence-electron chi connectivity index (χ0n) is 14.9. The second-order valence-electron chi connectivity index (χ2n) is 5.69. The Bertz CT molecular complexity index is 745. The smallest absolute Gasteiger partial charge is 0.248 e. The molecule has 6 nitrogen and oxygen atoms in total. The Labute approximate surface area is 158 Å². The maximum atomic E-state index is 11.1. The lowest BCUT2D eigenvalue weighted by atomic mass is 10.1. The first kappa shape index (κ1) is 19.6. The molecule has 0 aliphatic heterocycles. The van der Waals surface area contributed by atoms with Crippen LogP contribution in [0.25, 0.3) is 0 Å². The summed E-state index contributed by atoms with van der Waals surface area (Å²) in [5, 5.41) is 3.96. The maximum absolute atomic E-state index is 11.1. The minimum Gasteiger partial charge on any atom is -0.492 e. The molecule has 2 rings (SSSR count). The molecule has 0 aliphatic rings. The van der Waals surface area contributed by atoms with E-state index in [4.69, 9.17) is 22.1 Å². The fraction of sp³-hybridized carbons (Fsp3) is 0.263. The zero-order chi connectivity index (χ0) is 18.9. The molecule has 0 atom stereocenters. The number of guanidine groups is 1. The number of nitrogens with two attached hydrogens (primary N) is 1. The van der Waals surface area contributed by atoms with Gasteiger partial charge in [-0.15, -0.1) is 0 Å². The molecule has 26 heavy (non-hydrogen) atoms. The summed E-state index contributed by atoms with van der Waals surface area (Å²) < 4.78 is 5.70. The molecule has 0 aromatic heterocycles. The monoisotopic (exact) mass is 374 g/mol. The van der Waals surface area contributed by atoms with Gasteiger partial charge in [0.15, 0.2) is 5.96 Å². The number of likely N-dealkylation sites (N-methyl/N-ethyl adjacent to an activating group) is 1. The fourth-order valence-electron chi connectivity index (χ4n) is 2.29. The Morgan fingerprint density at radius 3 is 2.42 bits per heavy atom. The van der Waals surface area contributed by atoms with Crippen LogP contribution in [0.4, 0.5) is 0 Å². The van der Waals surface area contributed by atoms with E-state index in [9.17, 15) is 4.79 Å². The first-order valence-corrected chi connectivity index (χ1v) is 8.56. The summed E-state index contributed by atoms with van der Waals surface area (Å²) in [6.45, 7) is 1.78. The molecule has 0 saturated carbocycles. The predicted octanol–water partition coefficient (Wildman–Crippen LogP) is 2.53. The zero-order valence-corrected chi connectivity index (χ0v) is 15.7. The number of hydrogen-bond donors (Lipinski definition) is 2. The third-order valence-corrected chi connectivity index (χ3v) is 4.02. The molecule has 7 heteroatoms. The van der Waals surface area contributed by atoms with Gasteiger partial charge in [-0.3, -0.25) is 9.79 Å². The van der Waals surface area contributed by atoms with Crippen molar-refractivity contribution in [2.75, 3.05) is 27.2 Å². The van der Waals surface area contributed by atoms with E-state index < -0.39 is 5.91 Å². The topological polar surface area (TPSA) is 79.9 Å². The number of benzene rings is 2. The van der Waals surface area contributed by atoms with Crippen LogP contribution < -0.4 is 15.8 Å². The van der Waals surface area contributed by atoms with Crippen LogP contribution in [0.2, 0.25) is 5.02 Å². The lowest BCUT2D eigenvalue weighted by molar-refractivity contribution is 0.100. The number of amides is 1. The average molecular weight is 375 g/mol. The van der Waals surface area contributed by atoms with E-state index in [1.54, 1.807) is 31.3 Å². The van der Waals surface area contributed by atoms with Crippen molar-refractivity contribution >= 4 is 23.5 Å². The Morgan fingerprint density at radius 1 is 1.19 bits per heavy atom. The lowest BCUT2D eigenvalue weighted by Crippen LogP contribution is -2.40. The van der Waals surface area contributed by atoms with Gasteiger partial charge in [0.25, 0.3) is 0 Å². The molecule has 138 valence electrons. The first-order chi connectivity index (χ1) is 12.5. The van der Waals surface area contributed by atoms with Gasteiger partial charge in [0.1, 0.15) is 12.4 Å². The molecular formula is C19H23ClN4O2. The number of ether oxygens (including phenoxy) is 1. The van der Waals surface area contributed by atoms with Crippen LogP contribution in [0.5, 0.6) is 5.75 Å². The number of hydrogen-bond acceptors (Lipinski definition) is 3. The summed E-state index contributed by atoms with van der Waals surface area (Å²) in [6, 6.07) is 14.4. The summed E-state index contributed by atoms with van der Waals surface area (Å²) >= 11 is 5.86. The average Bonchev–Trinajstić information content (AvgIpc) is 2.64. The highest BCUT2D eigenvalue weighted by atomic mass is 35.5. The molecule has 3 N–H and O–H groups in total. The van der Waals surface area contributed by atoms with Gasteiger partial charge in [-0.05, 0) is 42.0 Å². The third kappa shape index (κ3) is 5.97. The van der Waals surface area contributed by atoms with Crippen molar-refractivity contribution in [3.63, 3.8) is 0 Å². The minimum absolute atomic E-state index is 0.430. The van der Waals surface area contributed by atoms with Crippen molar-refractivity contribution in [2.24, 2.45) is 10.7 Å². The number of nitrogens with zero attached hydrogens (tertiary/aromatic N) is 2. The lowest BCUT2D eigenvalue weighted by Gasteiger charge is -2.22. The molecule has 0 saturated heterocycles. The standard InChI is InChI=1S/C19H23ClN4O2/c1-22-19(23-13-14-3-5-15(6-4-14)18(21)25)24(2)11-12-26-17-9-7-16(20)8-10-17/h3-10H,11-13H2,1-2H3,(H2,21,25)(H,22,23). The van der Waals surface area contributed by atoms with Gasteiger partial charge in [0.2, 0.25) is 5.91 Å². The number of halogens is 1. The fourth-order valence-corrected chi connectivity index (χ4v) is 2.42. The first-order valence-electron chi connectivity index (χ1n) is 8.18. The van der Waals surface area contributed by atoms with E-state index in [0.29, 0.717) is 30.3 Å². The molecule has 0 fully saturated rings. The molecule has 0 bridgehead atoms. The molecule has 0 heterocycles. The molecule has 0 aliphatic carbocycles. The number of primary amides is 1. The van der Waals surface area contributed by atoms with Crippen molar-refractivity contribution in [1.29, 1.82) is 0 Å². The van der Waals surface area contributed by atoms with Gasteiger partial charge in [0.05, 0.1) is 6.54 Å². The minimum atomic E-state index is -0.430. The van der Waals surface area contributed by atoms with E-state index in [1.807, 2.05) is 36.2 Å². The highest BCUT2D eigenvalue weighted by Gasteiger charge is 2.06. The molecule has 2 aromatic carbocycles. The predicted molar refractivity (Wildman–Crippen MR) is 105 cm³/mol. The van der Waals surface area contributed by atoms with Gasteiger partial charge >= 0.3 is 0 Å². The van der Waals surface area contributed by atoms with E-state index in [1.165, 1.54) is 0 Å². The maximum Gasteiger partial charge on any atom is 0.248 e. The second kappa shape index (κ2) is 9.68. The van der Waals surface area contributed by atoms with E-state index >= 15 is 0 Å². The van der Waals surface area contributed by atoms with Gasteiger partial charge in [-0.25, -0.2) is 0 Å². The van der Waals surface area contributed by atoms with Crippen molar-refractivity contribution in [3.05, 3.63) is 64.7 Å². The van der Waals surface area contributed by atoms with Crippen LogP contribution in [0.1, 0.15) is 15.9 Å². The summed E-state index contributed by atoms with van der Waals surface area (Å²) in [6.07, 6.45) is 0. The van der Waals surface area contributed by atoms with Crippen molar-refractivity contribution in [1.82, 2.24) is 10.2 Å². The number of rotatable bonds is 7. The van der Waals surface area contributed by atoms with Gasteiger partial charge in [-0.1, -0.05) is 23.7 Å². The van der Waals surface area contributed by atoms with Crippen LogP contribution in [0.3, 0.4) is 0 Å². The van der Waals surface area contributed by atoms with E-state index in [-0.39, 0.29) is 0 Å². The van der Waals surface area contributed by atoms with Crippen LogP contribution >= 0.6 is 11.6 Å². The Hall–Kier alpha value is -2.73. The normalized spacial score (nSPS) is 11.1. The third-order valence-electron chi connectivity index (χ3n) is 3.77. The molecular weight excluding hydrogens is 352 g/mol. The van der Waals surface area contributed by atoms with Crippen molar-refractivity contribution in [3.8, 4) is 5.75 Å². The van der Waals surface area contributed by atoms with Crippen LogP contribution in [0, 0.1) is 0 Å². The highest BCUT2D eigenvalue weighted by Crippen LogP contribution is 2.15. The Kier molecular flexibility index (Phi) is 7.29. The van der Waals surface area contributed by atoms with Crippen LogP contribution in [-0.2, 0) is 6.54 Å². The second-order valence-corrected chi connectivity index (χ2v) is 6.12. The Morgan fingerprint density at radius 2 is 1.85 bits per heavy atom. The van der Waals surface area contributed by atoms with Crippen LogP contribution in [0.15, 0.2) is 53.5 Å². The summed E-state index contributed by atoms with van der Waals surface area (Å²) in [4.78, 5) is 17.3. The SMILES string of the molecule is CN=C(NCc1ccc(C(N)=O)cc1)N(C)CCOc1ccc(Cl)cc1. The summed E-state index contributed by atoms with van der Waals surface area (Å²) in [5.74, 6) is 1.10. The van der Waals surface area contributed by atoms with Crippen molar-refractivity contribution in [2.45, 2.75) is 6.54 Å². The molecule has 0 radical (unpaired) electrons. The van der Waals surface area contributed by atoms with E-state index in [2.05, 4.69) is 10.3 Å². The number of nitrogens with one attached hydrogen (secondary N) is 1. The molecule has 2 aromatic rings. The van der Waals surface area contributed by atoms with Gasteiger partial charge in [-0.2, -0.15) is 0 Å². The highest BCUT2D eigenvalue weighted by molar-refractivity contribution is 6.30. The van der Waals surface area contributed by atoms with Gasteiger partial charge < -0.3 is 20.7 Å². The summed E-state index contributed by atoms with van der Waals surface area (Å²) in [7, 11) is 3.67. The van der Waals surface area contributed by atoms with E-state index in [0.717, 1.165) is 17.3 Å². The van der Waals surface area contributed by atoms with Gasteiger partial charge in [0, 0.05) is 31.2 Å². The van der Waals surface area contributed by atoms with Crippen molar-refractivity contribution < 1.29 is 9.53 Å². The quantitative estimate of drug-likeness (QED) is 0.576. The number of aliphatic imine (C=N–C) groups is 1. The summed E-state index contributed by atoms with van der Waals surface area (Å²) in [5.41, 5.74) is 6.77. The van der Waals surface area contributed by atoms with Crippen LogP contribution in [-0.4, -0.2) is 44.0 Å². The number of carbonyl (C=O) groups is 1. The Balaban J connectivity index is 1.79.